The predicted molar refractivity (Wildman–Crippen MR) is 74.2 cm³/mol. The van der Waals surface area contributed by atoms with Crippen molar-refractivity contribution >= 4 is 0 Å². The van der Waals surface area contributed by atoms with Crippen LogP contribution in [0.2, 0.25) is 0 Å². The van der Waals surface area contributed by atoms with Crippen LogP contribution in [0.3, 0.4) is 0 Å². The Morgan fingerprint density at radius 3 is 2.68 bits per heavy atom. The van der Waals surface area contributed by atoms with Gasteiger partial charge in [0.1, 0.15) is 5.82 Å². The number of rotatable bonds is 2. The maximum atomic E-state index is 4.60. The minimum atomic E-state index is 0.554. The molecule has 2 heterocycles. The number of hydrogen-bond acceptors (Lipinski definition) is 3. The van der Waals surface area contributed by atoms with Gasteiger partial charge in [0.25, 0.3) is 0 Å². The zero-order valence-corrected chi connectivity index (χ0v) is 12.1. The van der Waals surface area contributed by atoms with Crippen molar-refractivity contribution in [1.82, 2.24) is 19.7 Å². The van der Waals surface area contributed by atoms with E-state index in [1.165, 1.54) is 23.2 Å². The number of nitrogens with zero attached hydrogens (tertiary/aromatic N) is 4. The Morgan fingerprint density at radius 1 is 1.21 bits per heavy atom. The number of aromatic nitrogens is 4. The Morgan fingerprint density at radius 2 is 2.00 bits per heavy atom. The summed E-state index contributed by atoms with van der Waals surface area (Å²) in [6, 6.07) is 0. The number of aryl methyl sites for hydroxylation is 5. The summed E-state index contributed by atoms with van der Waals surface area (Å²) in [5.41, 5.74) is 6.29. The smallest absolute Gasteiger partial charge is 0.125 e. The van der Waals surface area contributed by atoms with Gasteiger partial charge < -0.3 is 0 Å². The van der Waals surface area contributed by atoms with E-state index in [0.717, 1.165) is 30.1 Å². The van der Waals surface area contributed by atoms with Crippen LogP contribution >= 0.6 is 0 Å². The van der Waals surface area contributed by atoms with E-state index in [0.29, 0.717) is 5.92 Å². The molecule has 1 unspecified atom stereocenters. The van der Waals surface area contributed by atoms with E-state index in [9.17, 15) is 0 Å². The molecule has 0 amide bonds. The van der Waals surface area contributed by atoms with Gasteiger partial charge in [-0.15, -0.1) is 0 Å². The van der Waals surface area contributed by atoms with Crippen LogP contribution in [0.1, 0.15) is 46.4 Å². The first kappa shape index (κ1) is 12.3. The fourth-order valence-electron chi connectivity index (χ4n) is 3.29. The first-order chi connectivity index (χ1) is 9.04. The van der Waals surface area contributed by atoms with Gasteiger partial charge in [-0.2, -0.15) is 5.10 Å². The fourth-order valence-corrected chi connectivity index (χ4v) is 3.29. The monoisotopic (exact) mass is 256 g/mol. The molecular formula is C15H20N4. The minimum Gasteiger partial charge on any atom is -0.275 e. The van der Waals surface area contributed by atoms with Gasteiger partial charge in [0.05, 0.1) is 5.69 Å². The van der Waals surface area contributed by atoms with E-state index in [1.54, 1.807) is 0 Å². The van der Waals surface area contributed by atoms with Crippen LogP contribution in [0.5, 0.6) is 0 Å². The molecule has 0 aliphatic heterocycles. The molecule has 0 spiro atoms. The predicted octanol–water partition coefficient (Wildman–Crippen LogP) is 2.41. The molecule has 0 bridgehead atoms. The van der Waals surface area contributed by atoms with E-state index >= 15 is 0 Å². The van der Waals surface area contributed by atoms with Gasteiger partial charge in [0.15, 0.2) is 0 Å². The van der Waals surface area contributed by atoms with Crippen molar-refractivity contribution in [2.75, 3.05) is 0 Å². The Kier molecular flexibility index (Phi) is 2.88. The highest BCUT2D eigenvalue weighted by Gasteiger charge is 2.27. The quantitative estimate of drug-likeness (QED) is 0.828. The highest BCUT2D eigenvalue weighted by molar-refractivity contribution is 5.35. The summed E-state index contributed by atoms with van der Waals surface area (Å²) < 4.78 is 1.90. The Bertz CT molecular complexity index is 627. The molecule has 2 aromatic rings. The van der Waals surface area contributed by atoms with Crippen molar-refractivity contribution < 1.29 is 0 Å². The molecule has 1 atom stereocenters. The molecule has 4 nitrogen and oxygen atoms in total. The molecule has 19 heavy (non-hydrogen) atoms. The van der Waals surface area contributed by atoms with Crippen molar-refractivity contribution in [2.45, 2.75) is 46.0 Å². The van der Waals surface area contributed by atoms with E-state index < -0.39 is 0 Å². The molecular weight excluding hydrogens is 236 g/mol. The third-order valence-corrected chi connectivity index (χ3v) is 4.05. The first-order valence-electron chi connectivity index (χ1n) is 6.87. The van der Waals surface area contributed by atoms with Gasteiger partial charge in [0, 0.05) is 24.6 Å². The van der Waals surface area contributed by atoms with Crippen LogP contribution in [0.25, 0.3) is 0 Å². The largest absolute Gasteiger partial charge is 0.275 e. The Hall–Kier alpha value is -1.71. The van der Waals surface area contributed by atoms with Crippen molar-refractivity contribution in [2.24, 2.45) is 7.05 Å². The zero-order valence-electron chi connectivity index (χ0n) is 12.1. The average molecular weight is 256 g/mol. The SMILES string of the molecule is Cc1nc(C)c2c(n1)CCC2Cc1cn(C)nc1C. The van der Waals surface area contributed by atoms with Crippen LogP contribution in [-0.2, 0) is 19.9 Å². The number of fused-ring (bicyclic) bond motifs is 1. The third-order valence-electron chi connectivity index (χ3n) is 4.05. The zero-order chi connectivity index (χ0) is 13.6. The van der Waals surface area contributed by atoms with E-state index in [2.05, 4.69) is 35.1 Å². The van der Waals surface area contributed by atoms with Crippen LogP contribution in [0, 0.1) is 20.8 Å². The van der Waals surface area contributed by atoms with Gasteiger partial charge in [0.2, 0.25) is 0 Å². The van der Waals surface area contributed by atoms with Gasteiger partial charge in [-0.25, -0.2) is 9.97 Å². The van der Waals surface area contributed by atoms with Crippen LogP contribution in [0.4, 0.5) is 0 Å². The second kappa shape index (κ2) is 4.44. The first-order valence-corrected chi connectivity index (χ1v) is 6.87. The van der Waals surface area contributed by atoms with Crippen LogP contribution < -0.4 is 0 Å². The summed E-state index contributed by atoms with van der Waals surface area (Å²) in [6.45, 7) is 6.18. The molecule has 0 radical (unpaired) electrons. The lowest BCUT2D eigenvalue weighted by Gasteiger charge is -2.13. The molecule has 0 N–H and O–H groups in total. The van der Waals surface area contributed by atoms with Gasteiger partial charge >= 0.3 is 0 Å². The molecule has 4 heteroatoms. The van der Waals surface area contributed by atoms with Gasteiger partial charge in [-0.05, 0) is 57.1 Å². The Labute approximate surface area is 113 Å². The molecule has 1 aliphatic rings. The molecule has 0 saturated carbocycles. The van der Waals surface area contributed by atoms with Crippen molar-refractivity contribution in [3.8, 4) is 0 Å². The molecule has 0 fully saturated rings. The summed E-state index contributed by atoms with van der Waals surface area (Å²) in [7, 11) is 1.98. The average Bonchev–Trinajstić information content (AvgIpc) is 2.84. The number of hydrogen-bond donors (Lipinski definition) is 0. The normalized spacial score (nSPS) is 17.8. The maximum absolute atomic E-state index is 4.60. The van der Waals surface area contributed by atoms with Gasteiger partial charge in [-0.3, -0.25) is 4.68 Å². The second-order valence-corrected chi connectivity index (χ2v) is 5.57. The Balaban J connectivity index is 1.93. The standard InChI is InChI=1S/C15H20N4/c1-9-13(8-19(4)18-9)7-12-5-6-14-15(12)10(2)16-11(3)17-14/h8,12H,5-7H2,1-4H3. The molecule has 2 aromatic heterocycles. The molecule has 100 valence electrons. The summed E-state index contributed by atoms with van der Waals surface area (Å²) in [4.78, 5) is 9.13. The highest BCUT2D eigenvalue weighted by atomic mass is 15.2. The van der Waals surface area contributed by atoms with Gasteiger partial charge in [-0.1, -0.05) is 0 Å². The van der Waals surface area contributed by atoms with E-state index in [-0.39, 0.29) is 0 Å². The van der Waals surface area contributed by atoms with E-state index in [1.807, 2.05) is 18.7 Å². The lowest BCUT2D eigenvalue weighted by molar-refractivity contribution is 0.667. The summed E-state index contributed by atoms with van der Waals surface area (Å²) in [5, 5.41) is 4.43. The highest BCUT2D eigenvalue weighted by Crippen LogP contribution is 2.36. The lowest BCUT2D eigenvalue weighted by Crippen LogP contribution is -2.05. The molecule has 1 aliphatic carbocycles. The van der Waals surface area contributed by atoms with Crippen LogP contribution in [0.15, 0.2) is 6.20 Å². The van der Waals surface area contributed by atoms with E-state index in [4.69, 9.17) is 0 Å². The fraction of sp³-hybridized carbons (Fsp3) is 0.533. The molecule has 0 aromatic carbocycles. The summed E-state index contributed by atoms with van der Waals surface area (Å²) >= 11 is 0. The topological polar surface area (TPSA) is 43.6 Å². The summed E-state index contributed by atoms with van der Waals surface area (Å²) in [5.74, 6) is 1.45. The van der Waals surface area contributed by atoms with Crippen molar-refractivity contribution in [3.63, 3.8) is 0 Å². The van der Waals surface area contributed by atoms with Crippen LogP contribution in [-0.4, -0.2) is 19.7 Å². The minimum absolute atomic E-state index is 0.554. The molecule has 3 rings (SSSR count). The van der Waals surface area contributed by atoms with Crippen molar-refractivity contribution in [3.05, 3.63) is 40.2 Å². The molecule has 0 saturated heterocycles. The second-order valence-electron chi connectivity index (χ2n) is 5.57. The summed E-state index contributed by atoms with van der Waals surface area (Å²) in [6.07, 6.45) is 5.46. The third kappa shape index (κ3) is 2.15. The lowest BCUT2D eigenvalue weighted by atomic mass is 9.93. The maximum Gasteiger partial charge on any atom is 0.125 e. The van der Waals surface area contributed by atoms with Crippen molar-refractivity contribution in [1.29, 1.82) is 0 Å².